The third-order valence-corrected chi connectivity index (χ3v) is 4.49. The van der Waals surface area contributed by atoms with Crippen LogP contribution in [0.1, 0.15) is 30.5 Å². The normalized spacial score (nSPS) is 24.8. The number of amidine groups is 1. The van der Waals surface area contributed by atoms with Gasteiger partial charge in [0, 0.05) is 25.3 Å². The zero-order chi connectivity index (χ0) is 14.7. The summed E-state index contributed by atoms with van der Waals surface area (Å²) in [5.74, 6) is 0.0645. The van der Waals surface area contributed by atoms with Crippen LogP contribution in [-0.4, -0.2) is 58.0 Å². The molecule has 1 aromatic heterocycles. The third-order valence-electron chi connectivity index (χ3n) is 4.49. The Bertz CT molecular complexity index is 519. The number of nitrogens with zero attached hydrogens (tertiary/aromatic N) is 4. The van der Waals surface area contributed by atoms with E-state index < -0.39 is 0 Å². The monoisotopic (exact) mass is 289 g/mol. The Morgan fingerprint density at radius 2 is 2.24 bits per heavy atom. The first-order chi connectivity index (χ1) is 10.3. The van der Waals surface area contributed by atoms with Gasteiger partial charge >= 0.3 is 0 Å². The minimum Gasteiger partial charge on any atom is -0.409 e. The van der Waals surface area contributed by atoms with Crippen molar-refractivity contribution >= 4 is 5.84 Å². The number of oxime groups is 1. The van der Waals surface area contributed by atoms with Gasteiger partial charge in [-0.25, -0.2) is 0 Å². The van der Waals surface area contributed by atoms with E-state index >= 15 is 0 Å². The summed E-state index contributed by atoms with van der Waals surface area (Å²) >= 11 is 0. The van der Waals surface area contributed by atoms with Crippen LogP contribution in [0.2, 0.25) is 0 Å². The van der Waals surface area contributed by atoms with Crippen LogP contribution < -0.4 is 5.73 Å². The van der Waals surface area contributed by atoms with Crippen LogP contribution in [0.15, 0.2) is 23.5 Å². The quantitative estimate of drug-likeness (QED) is 0.373. The van der Waals surface area contributed by atoms with E-state index in [1.807, 2.05) is 12.1 Å². The van der Waals surface area contributed by atoms with Crippen molar-refractivity contribution in [2.45, 2.75) is 31.8 Å². The highest BCUT2D eigenvalue weighted by molar-refractivity contribution is 5.95. The molecule has 6 nitrogen and oxygen atoms in total. The Morgan fingerprint density at radius 1 is 1.38 bits per heavy atom. The number of pyridine rings is 1. The first kappa shape index (κ1) is 14.3. The lowest BCUT2D eigenvalue weighted by Gasteiger charge is -2.25. The summed E-state index contributed by atoms with van der Waals surface area (Å²) in [7, 11) is 0. The molecule has 2 saturated heterocycles. The Hall–Kier alpha value is -1.66. The predicted molar refractivity (Wildman–Crippen MR) is 81.2 cm³/mol. The molecular weight excluding hydrogens is 266 g/mol. The minimum atomic E-state index is 0.0645. The topological polar surface area (TPSA) is 78.0 Å². The molecule has 3 N–H and O–H groups in total. The van der Waals surface area contributed by atoms with Crippen LogP contribution >= 0.6 is 0 Å². The van der Waals surface area contributed by atoms with Gasteiger partial charge in [-0.05, 0) is 56.6 Å². The molecule has 0 aliphatic carbocycles. The van der Waals surface area contributed by atoms with Gasteiger partial charge in [0.15, 0.2) is 5.84 Å². The van der Waals surface area contributed by atoms with Crippen LogP contribution in [0.25, 0.3) is 0 Å². The molecular formula is C15H23N5O. The van der Waals surface area contributed by atoms with E-state index in [-0.39, 0.29) is 5.84 Å². The molecule has 6 heteroatoms. The lowest BCUT2D eigenvalue weighted by molar-refractivity contribution is 0.215. The zero-order valence-corrected chi connectivity index (χ0v) is 12.3. The highest BCUT2D eigenvalue weighted by Crippen LogP contribution is 2.22. The fraction of sp³-hybridized carbons (Fsp3) is 0.600. The van der Waals surface area contributed by atoms with E-state index in [1.54, 1.807) is 6.20 Å². The summed E-state index contributed by atoms with van der Waals surface area (Å²) in [6.45, 7) is 5.67. The van der Waals surface area contributed by atoms with Crippen molar-refractivity contribution in [3.8, 4) is 0 Å². The summed E-state index contributed by atoms with van der Waals surface area (Å²) in [5, 5.41) is 11.8. The number of nitrogens with two attached hydrogens (primary N) is 1. The number of aromatic nitrogens is 1. The summed E-state index contributed by atoms with van der Waals surface area (Å²) in [6.07, 6.45) is 5.61. The van der Waals surface area contributed by atoms with Gasteiger partial charge in [-0.15, -0.1) is 0 Å². The third kappa shape index (κ3) is 3.33. The van der Waals surface area contributed by atoms with Gasteiger partial charge in [0.25, 0.3) is 0 Å². The molecule has 2 fully saturated rings. The molecule has 1 unspecified atom stereocenters. The van der Waals surface area contributed by atoms with E-state index in [0.717, 1.165) is 31.2 Å². The maximum absolute atomic E-state index is 8.75. The van der Waals surface area contributed by atoms with Crippen molar-refractivity contribution in [2.75, 3.05) is 26.2 Å². The van der Waals surface area contributed by atoms with E-state index in [4.69, 9.17) is 10.9 Å². The average molecular weight is 289 g/mol. The Balaban J connectivity index is 1.68. The molecule has 1 aromatic rings. The average Bonchev–Trinajstić information content (AvgIpc) is 2.85. The molecule has 0 radical (unpaired) electrons. The first-order valence-corrected chi connectivity index (χ1v) is 7.65. The van der Waals surface area contributed by atoms with Crippen molar-refractivity contribution in [2.24, 2.45) is 10.9 Å². The highest BCUT2D eigenvalue weighted by Gasteiger charge is 2.28. The standard InChI is InChI=1S/C15H23N5O/c16-15(18-21)14-9-12(4-5-17-14)10-19-6-2-8-20-7-1-3-13(20)11-19/h4-5,9,13,21H,1-3,6-8,10-11H2,(H2,16,18). The SMILES string of the molecule is NC(=NO)c1cc(CN2CCCN3CCCC3C2)ccn1. The molecule has 0 saturated carbocycles. The largest absolute Gasteiger partial charge is 0.409 e. The Kier molecular flexibility index (Phi) is 4.36. The van der Waals surface area contributed by atoms with Crippen LogP contribution in [0, 0.1) is 0 Å². The number of rotatable bonds is 3. The summed E-state index contributed by atoms with van der Waals surface area (Å²) in [6, 6.07) is 4.63. The second kappa shape index (κ2) is 6.41. The maximum Gasteiger partial charge on any atom is 0.188 e. The van der Waals surface area contributed by atoms with Crippen molar-refractivity contribution in [1.82, 2.24) is 14.8 Å². The van der Waals surface area contributed by atoms with Gasteiger partial charge in [0.2, 0.25) is 0 Å². The highest BCUT2D eigenvalue weighted by atomic mass is 16.4. The van der Waals surface area contributed by atoms with Crippen molar-refractivity contribution < 1.29 is 5.21 Å². The van der Waals surface area contributed by atoms with E-state index in [2.05, 4.69) is 19.9 Å². The van der Waals surface area contributed by atoms with Crippen LogP contribution in [0.3, 0.4) is 0 Å². The molecule has 0 aromatic carbocycles. The summed E-state index contributed by atoms with van der Waals surface area (Å²) in [4.78, 5) is 9.28. The second-order valence-corrected chi connectivity index (χ2v) is 5.96. The summed E-state index contributed by atoms with van der Waals surface area (Å²) < 4.78 is 0. The van der Waals surface area contributed by atoms with Gasteiger partial charge in [-0.2, -0.15) is 0 Å². The first-order valence-electron chi connectivity index (χ1n) is 7.65. The van der Waals surface area contributed by atoms with E-state index in [1.165, 1.54) is 32.4 Å². The number of hydrogen-bond donors (Lipinski definition) is 2. The van der Waals surface area contributed by atoms with E-state index in [9.17, 15) is 0 Å². The molecule has 2 aliphatic heterocycles. The Labute approximate surface area is 125 Å². The zero-order valence-electron chi connectivity index (χ0n) is 12.3. The minimum absolute atomic E-state index is 0.0645. The molecule has 0 bridgehead atoms. The fourth-order valence-corrected chi connectivity index (χ4v) is 3.45. The van der Waals surface area contributed by atoms with Crippen LogP contribution in [-0.2, 0) is 6.54 Å². The second-order valence-electron chi connectivity index (χ2n) is 5.96. The predicted octanol–water partition coefficient (Wildman–Crippen LogP) is 0.846. The molecule has 3 rings (SSSR count). The van der Waals surface area contributed by atoms with Gasteiger partial charge in [0.05, 0.1) is 0 Å². The molecule has 3 heterocycles. The van der Waals surface area contributed by atoms with E-state index in [0.29, 0.717) is 5.69 Å². The molecule has 0 spiro atoms. The molecule has 21 heavy (non-hydrogen) atoms. The van der Waals surface area contributed by atoms with Crippen LogP contribution in [0.4, 0.5) is 0 Å². The summed E-state index contributed by atoms with van der Waals surface area (Å²) in [5.41, 5.74) is 7.31. The molecule has 0 amide bonds. The fourth-order valence-electron chi connectivity index (χ4n) is 3.45. The number of hydrogen-bond acceptors (Lipinski definition) is 5. The Morgan fingerprint density at radius 3 is 3.10 bits per heavy atom. The lowest BCUT2D eigenvalue weighted by Crippen LogP contribution is -2.36. The van der Waals surface area contributed by atoms with Crippen molar-refractivity contribution in [3.63, 3.8) is 0 Å². The van der Waals surface area contributed by atoms with Crippen molar-refractivity contribution in [3.05, 3.63) is 29.6 Å². The molecule has 2 aliphatic rings. The number of fused-ring (bicyclic) bond motifs is 1. The van der Waals surface area contributed by atoms with Crippen molar-refractivity contribution in [1.29, 1.82) is 0 Å². The lowest BCUT2D eigenvalue weighted by atomic mass is 10.1. The van der Waals surface area contributed by atoms with Gasteiger partial charge < -0.3 is 10.9 Å². The molecule has 1 atom stereocenters. The molecule has 114 valence electrons. The van der Waals surface area contributed by atoms with Gasteiger partial charge in [-0.3, -0.25) is 14.8 Å². The van der Waals surface area contributed by atoms with Gasteiger partial charge in [0.1, 0.15) is 5.69 Å². The smallest absolute Gasteiger partial charge is 0.188 e. The van der Waals surface area contributed by atoms with Crippen LogP contribution in [0.5, 0.6) is 0 Å². The van der Waals surface area contributed by atoms with Gasteiger partial charge in [-0.1, -0.05) is 5.16 Å². The maximum atomic E-state index is 8.75.